The van der Waals surface area contributed by atoms with E-state index in [1.165, 1.54) is 0 Å². The van der Waals surface area contributed by atoms with Crippen molar-refractivity contribution in [2.75, 3.05) is 27.2 Å². The van der Waals surface area contributed by atoms with Gasteiger partial charge in [0.25, 0.3) is 0 Å². The molecule has 1 aromatic rings. The Balaban J connectivity index is 2.05. The summed E-state index contributed by atoms with van der Waals surface area (Å²) >= 11 is 0. The summed E-state index contributed by atoms with van der Waals surface area (Å²) in [4.78, 5) is 24.0. The van der Waals surface area contributed by atoms with Crippen LogP contribution < -0.4 is 0 Å². The SMILES string of the molecule is CN(C)C(=O)CN1CCC[C@@H]1c1cnccn1. The molecule has 0 aliphatic carbocycles. The summed E-state index contributed by atoms with van der Waals surface area (Å²) in [7, 11) is 3.57. The average molecular weight is 234 g/mol. The van der Waals surface area contributed by atoms with Crippen LogP contribution in [0.3, 0.4) is 0 Å². The maximum absolute atomic E-state index is 11.7. The molecule has 17 heavy (non-hydrogen) atoms. The van der Waals surface area contributed by atoms with Crippen molar-refractivity contribution < 1.29 is 4.79 Å². The van der Waals surface area contributed by atoms with Crippen LogP contribution in [-0.2, 0) is 4.79 Å². The average Bonchev–Trinajstić information content (AvgIpc) is 2.78. The van der Waals surface area contributed by atoms with Crippen LogP contribution in [0, 0.1) is 0 Å². The Morgan fingerprint density at radius 2 is 2.35 bits per heavy atom. The van der Waals surface area contributed by atoms with Gasteiger partial charge < -0.3 is 4.90 Å². The quantitative estimate of drug-likeness (QED) is 0.772. The zero-order valence-electron chi connectivity index (χ0n) is 10.3. The molecular weight excluding hydrogens is 216 g/mol. The van der Waals surface area contributed by atoms with Crippen molar-refractivity contribution in [3.05, 3.63) is 24.3 Å². The van der Waals surface area contributed by atoms with Crippen LogP contribution in [0.2, 0.25) is 0 Å². The van der Waals surface area contributed by atoms with E-state index in [1.807, 2.05) is 0 Å². The van der Waals surface area contributed by atoms with Crippen molar-refractivity contribution >= 4 is 5.91 Å². The molecule has 0 N–H and O–H groups in total. The molecule has 1 aromatic heterocycles. The Hall–Kier alpha value is -1.49. The van der Waals surface area contributed by atoms with E-state index in [4.69, 9.17) is 0 Å². The van der Waals surface area contributed by atoms with Crippen molar-refractivity contribution in [2.24, 2.45) is 0 Å². The summed E-state index contributed by atoms with van der Waals surface area (Å²) in [6.45, 7) is 1.43. The fraction of sp³-hybridized carbons (Fsp3) is 0.583. The van der Waals surface area contributed by atoms with Crippen molar-refractivity contribution in [3.63, 3.8) is 0 Å². The first kappa shape index (κ1) is 12.0. The van der Waals surface area contributed by atoms with Gasteiger partial charge in [-0.1, -0.05) is 0 Å². The van der Waals surface area contributed by atoms with Crippen LogP contribution in [0.15, 0.2) is 18.6 Å². The Kier molecular flexibility index (Phi) is 3.68. The standard InChI is InChI=1S/C12H18N4O/c1-15(2)12(17)9-16-7-3-4-11(16)10-8-13-5-6-14-10/h5-6,8,11H,3-4,7,9H2,1-2H3/t11-/m1/s1. The molecule has 0 unspecified atom stereocenters. The predicted octanol–water partition coefficient (Wildman–Crippen LogP) is 0.702. The highest BCUT2D eigenvalue weighted by Gasteiger charge is 2.28. The van der Waals surface area contributed by atoms with Gasteiger partial charge in [-0.15, -0.1) is 0 Å². The summed E-state index contributed by atoms with van der Waals surface area (Å²) in [5.41, 5.74) is 0.969. The van der Waals surface area contributed by atoms with Gasteiger partial charge in [-0.25, -0.2) is 0 Å². The minimum absolute atomic E-state index is 0.140. The van der Waals surface area contributed by atoms with Crippen LogP contribution in [0.4, 0.5) is 0 Å². The highest BCUT2D eigenvalue weighted by molar-refractivity contribution is 5.77. The number of likely N-dealkylation sites (tertiary alicyclic amines) is 1. The molecule has 2 heterocycles. The lowest BCUT2D eigenvalue weighted by Gasteiger charge is -2.24. The zero-order valence-corrected chi connectivity index (χ0v) is 10.3. The Labute approximate surface area is 101 Å². The second kappa shape index (κ2) is 5.23. The molecule has 0 spiro atoms. The lowest BCUT2D eigenvalue weighted by atomic mass is 10.1. The van der Waals surface area contributed by atoms with Gasteiger partial charge in [0, 0.05) is 32.7 Å². The number of amides is 1. The molecule has 1 atom stereocenters. The van der Waals surface area contributed by atoms with E-state index in [2.05, 4.69) is 14.9 Å². The number of aromatic nitrogens is 2. The van der Waals surface area contributed by atoms with E-state index < -0.39 is 0 Å². The molecule has 5 nitrogen and oxygen atoms in total. The fourth-order valence-corrected chi connectivity index (χ4v) is 2.15. The van der Waals surface area contributed by atoms with Gasteiger partial charge in [0.1, 0.15) is 0 Å². The molecule has 1 aliphatic heterocycles. The highest BCUT2D eigenvalue weighted by Crippen LogP contribution is 2.29. The molecule has 1 amide bonds. The van der Waals surface area contributed by atoms with E-state index in [0.717, 1.165) is 25.1 Å². The first-order chi connectivity index (χ1) is 8.18. The number of carbonyl (C=O) groups excluding carboxylic acids is 1. The molecular formula is C12H18N4O. The molecule has 0 bridgehead atoms. The molecule has 1 fully saturated rings. The van der Waals surface area contributed by atoms with Gasteiger partial charge in [0.2, 0.25) is 5.91 Å². The van der Waals surface area contributed by atoms with Crippen LogP contribution in [0.1, 0.15) is 24.6 Å². The highest BCUT2D eigenvalue weighted by atomic mass is 16.2. The lowest BCUT2D eigenvalue weighted by molar-refractivity contribution is -0.130. The number of likely N-dealkylation sites (N-methyl/N-ethyl adjacent to an activating group) is 1. The van der Waals surface area contributed by atoms with Gasteiger partial charge >= 0.3 is 0 Å². The van der Waals surface area contributed by atoms with Crippen molar-refractivity contribution in [3.8, 4) is 0 Å². The number of carbonyl (C=O) groups is 1. The molecule has 1 aliphatic rings. The number of hydrogen-bond donors (Lipinski definition) is 0. The third kappa shape index (κ3) is 2.79. The molecule has 0 saturated carbocycles. The van der Waals surface area contributed by atoms with Crippen molar-refractivity contribution in [1.82, 2.24) is 19.8 Å². The molecule has 0 aromatic carbocycles. The summed E-state index contributed by atoms with van der Waals surface area (Å²) < 4.78 is 0. The van der Waals surface area contributed by atoms with E-state index in [-0.39, 0.29) is 11.9 Å². The maximum atomic E-state index is 11.7. The number of nitrogens with zero attached hydrogens (tertiary/aromatic N) is 4. The smallest absolute Gasteiger partial charge is 0.236 e. The summed E-state index contributed by atoms with van der Waals surface area (Å²) in [5.74, 6) is 0.140. The van der Waals surface area contributed by atoms with Gasteiger partial charge in [-0.2, -0.15) is 0 Å². The van der Waals surface area contributed by atoms with Crippen LogP contribution in [-0.4, -0.2) is 52.9 Å². The molecule has 2 rings (SSSR count). The van der Waals surface area contributed by atoms with E-state index >= 15 is 0 Å². The number of hydrogen-bond acceptors (Lipinski definition) is 4. The van der Waals surface area contributed by atoms with Crippen LogP contribution >= 0.6 is 0 Å². The summed E-state index contributed by atoms with van der Waals surface area (Å²) in [5, 5.41) is 0. The normalized spacial score (nSPS) is 20.5. The van der Waals surface area contributed by atoms with Crippen LogP contribution in [0.25, 0.3) is 0 Å². The number of rotatable bonds is 3. The van der Waals surface area contributed by atoms with E-state index in [9.17, 15) is 4.79 Å². The molecule has 5 heteroatoms. The Bertz CT molecular complexity index is 379. The summed E-state index contributed by atoms with van der Waals surface area (Å²) in [6, 6.07) is 0.243. The Morgan fingerprint density at radius 1 is 1.53 bits per heavy atom. The minimum Gasteiger partial charge on any atom is -0.348 e. The second-order valence-corrected chi connectivity index (χ2v) is 4.55. The van der Waals surface area contributed by atoms with E-state index in [0.29, 0.717) is 6.54 Å². The molecule has 92 valence electrons. The van der Waals surface area contributed by atoms with E-state index in [1.54, 1.807) is 37.6 Å². The molecule has 0 radical (unpaired) electrons. The molecule has 1 saturated heterocycles. The topological polar surface area (TPSA) is 49.3 Å². The van der Waals surface area contributed by atoms with Gasteiger partial charge in [0.15, 0.2) is 0 Å². The second-order valence-electron chi connectivity index (χ2n) is 4.55. The van der Waals surface area contributed by atoms with Crippen molar-refractivity contribution in [1.29, 1.82) is 0 Å². The van der Waals surface area contributed by atoms with Gasteiger partial charge in [-0.05, 0) is 19.4 Å². The largest absolute Gasteiger partial charge is 0.348 e. The first-order valence-electron chi connectivity index (χ1n) is 5.88. The summed E-state index contributed by atoms with van der Waals surface area (Å²) in [6.07, 6.45) is 7.35. The van der Waals surface area contributed by atoms with Crippen molar-refractivity contribution in [2.45, 2.75) is 18.9 Å². The predicted molar refractivity (Wildman–Crippen MR) is 64.3 cm³/mol. The Morgan fingerprint density at radius 3 is 3.00 bits per heavy atom. The monoisotopic (exact) mass is 234 g/mol. The van der Waals surface area contributed by atoms with Gasteiger partial charge in [0.05, 0.1) is 18.3 Å². The maximum Gasteiger partial charge on any atom is 0.236 e. The third-order valence-corrected chi connectivity index (χ3v) is 3.13. The van der Waals surface area contributed by atoms with Gasteiger partial charge in [-0.3, -0.25) is 19.7 Å². The zero-order chi connectivity index (χ0) is 12.3. The third-order valence-electron chi connectivity index (χ3n) is 3.13. The fourth-order valence-electron chi connectivity index (χ4n) is 2.15. The lowest BCUT2D eigenvalue weighted by Crippen LogP contribution is -2.36. The minimum atomic E-state index is 0.140. The van der Waals surface area contributed by atoms with Crippen LogP contribution in [0.5, 0.6) is 0 Å². The first-order valence-corrected chi connectivity index (χ1v) is 5.88.